The lowest BCUT2D eigenvalue weighted by Crippen LogP contribution is -2.51. The number of carbonyl (C=O) groups is 3. The van der Waals surface area contributed by atoms with Gasteiger partial charge in [0.1, 0.15) is 5.69 Å². The van der Waals surface area contributed by atoms with E-state index >= 15 is 0 Å². The monoisotopic (exact) mass is 363 g/mol. The van der Waals surface area contributed by atoms with E-state index in [0.29, 0.717) is 25.3 Å². The molecule has 1 N–H and O–H groups in total. The maximum atomic E-state index is 12.4. The molecular formula is C19H29N3O4. The Hall–Kier alpha value is -2.44. The first kappa shape index (κ1) is 21.6. The van der Waals surface area contributed by atoms with E-state index in [-0.39, 0.29) is 17.9 Å². The van der Waals surface area contributed by atoms with Crippen LogP contribution in [-0.2, 0) is 14.3 Å². The Balaban J connectivity index is 0.000000597. The number of nitrogens with zero attached hydrogens (tertiary/aromatic N) is 2. The highest BCUT2D eigenvalue weighted by Gasteiger charge is 2.29. The Morgan fingerprint density at radius 2 is 2.12 bits per heavy atom. The van der Waals surface area contributed by atoms with E-state index in [9.17, 15) is 14.4 Å². The highest BCUT2D eigenvalue weighted by Crippen LogP contribution is 2.17. The van der Waals surface area contributed by atoms with E-state index < -0.39 is 5.41 Å². The number of carbonyl (C=O) groups excluding carboxylic acids is 3. The molecule has 1 aliphatic rings. The van der Waals surface area contributed by atoms with Gasteiger partial charge in [-0.15, -0.1) is 0 Å². The topological polar surface area (TPSA) is 88.6 Å². The molecule has 0 saturated carbocycles. The number of hydrogen-bond acceptors (Lipinski definition) is 5. The van der Waals surface area contributed by atoms with Crippen LogP contribution >= 0.6 is 0 Å². The molecule has 0 spiro atoms. The Morgan fingerprint density at radius 1 is 1.38 bits per heavy atom. The van der Waals surface area contributed by atoms with E-state index in [4.69, 9.17) is 0 Å². The fourth-order valence-corrected chi connectivity index (χ4v) is 2.40. The van der Waals surface area contributed by atoms with E-state index in [1.165, 1.54) is 0 Å². The van der Waals surface area contributed by atoms with Crippen molar-refractivity contribution in [1.29, 1.82) is 0 Å². The molecule has 2 rings (SSSR count). The standard InChI is InChI=1S/C16H23N3O2.C3H6O2/c1-16(2,3)15(21)18-12-7-6-10-19(11-12)14(20)13-8-4-5-9-17-13;1-2-5-3-4/h4-5,8-9,12H,6-7,10-11H2,1-3H3,(H,18,21);3H,2H2,1H3. The number of pyridine rings is 1. The summed E-state index contributed by atoms with van der Waals surface area (Å²) in [7, 11) is 0. The van der Waals surface area contributed by atoms with Crippen molar-refractivity contribution < 1.29 is 19.1 Å². The Bertz CT molecular complexity index is 584. The Labute approximate surface area is 155 Å². The summed E-state index contributed by atoms with van der Waals surface area (Å²) in [6.45, 7) is 9.61. The Kier molecular flexibility index (Phi) is 8.75. The highest BCUT2D eigenvalue weighted by molar-refractivity contribution is 5.92. The van der Waals surface area contributed by atoms with Gasteiger partial charge >= 0.3 is 0 Å². The molecule has 1 fully saturated rings. The summed E-state index contributed by atoms with van der Waals surface area (Å²) in [5, 5.41) is 3.04. The molecule has 0 aliphatic carbocycles. The lowest BCUT2D eigenvalue weighted by atomic mass is 9.94. The minimum atomic E-state index is -0.409. The molecule has 2 amide bonds. The van der Waals surface area contributed by atoms with Gasteiger partial charge in [0.05, 0.1) is 6.61 Å². The number of amides is 2. The fraction of sp³-hybridized carbons (Fsp3) is 0.579. The zero-order valence-corrected chi connectivity index (χ0v) is 16.0. The molecule has 1 unspecified atom stereocenters. The molecular weight excluding hydrogens is 334 g/mol. The SMILES string of the molecule is CC(C)(C)C(=O)NC1CCCN(C(=O)c2ccccn2)C1.CCOC=O. The van der Waals surface area contributed by atoms with Gasteiger partial charge in [0.25, 0.3) is 12.4 Å². The highest BCUT2D eigenvalue weighted by atomic mass is 16.5. The molecule has 7 heteroatoms. The van der Waals surface area contributed by atoms with Crippen molar-refractivity contribution in [2.24, 2.45) is 5.41 Å². The van der Waals surface area contributed by atoms with Crippen LogP contribution in [0.4, 0.5) is 0 Å². The first-order valence-electron chi connectivity index (χ1n) is 8.86. The van der Waals surface area contributed by atoms with E-state index in [2.05, 4.69) is 15.0 Å². The van der Waals surface area contributed by atoms with Crippen molar-refractivity contribution in [2.45, 2.75) is 46.6 Å². The predicted octanol–water partition coefficient (Wildman–Crippen LogP) is 2.03. The van der Waals surface area contributed by atoms with Gasteiger partial charge in [0.15, 0.2) is 0 Å². The second kappa shape index (κ2) is 10.5. The summed E-state index contributed by atoms with van der Waals surface area (Å²) in [4.78, 5) is 39.5. The first-order valence-corrected chi connectivity index (χ1v) is 8.86. The van der Waals surface area contributed by atoms with Crippen LogP contribution in [-0.4, -0.2) is 53.9 Å². The van der Waals surface area contributed by atoms with Crippen LogP contribution in [0.3, 0.4) is 0 Å². The molecule has 144 valence electrons. The van der Waals surface area contributed by atoms with Crippen molar-refractivity contribution in [3.8, 4) is 0 Å². The third kappa shape index (κ3) is 7.21. The molecule has 1 atom stereocenters. The number of likely N-dealkylation sites (tertiary alicyclic amines) is 1. The average molecular weight is 363 g/mol. The van der Waals surface area contributed by atoms with Gasteiger partial charge in [-0.25, -0.2) is 0 Å². The minimum Gasteiger partial charge on any atom is -0.468 e. The zero-order chi connectivity index (χ0) is 19.6. The molecule has 2 heterocycles. The molecule has 26 heavy (non-hydrogen) atoms. The third-order valence-electron chi connectivity index (χ3n) is 3.84. The summed E-state index contributed by atoms with van der Waals surface area (Å²) in [5.41, 5.74) is 0.0492. The summed E-state index contributed by atoms with van der Waals surface area (Å²) in [5.74, 6) is -0.0371. The summed E-state index contributed by atoms with van der Waals surface area (Å²) >= 11 is 0. The van der Waals surface area contributed by atoms with Crippen LogP contribution in [0.5, 0.6) is 0 Å². The minimum absolute atomic E-state index is 0.0261. The van der Waals surface area contributed by atoms with Crippen LogP contribution in [0.1, 0.15) is 51.0 Å². The molecule has 7 nitrogen and oxygen atoms in total. The van der Waals surface area contributed by atoms with Gasteiger partial charge in [-0.05, 0) is 31.9 Å². The summed E-state index contributed by atoms with van der Waals surface area (Å²) in [6, 6.07) is 5.35. The predicted molar refractivity (Wildman–Crippen MR) is 98.5 cm³/mol. The maximum Gasteiger partial charge on any atom is 0.293 e. The number of ether oxygens (including phenoxy) is 1. The molecule has 1 aromatic rings. The smallest absolute Gasteiger partial charge is 0.293 e. The average Bonchev–Trinajstić information content (AvgIpc) is 2.62. The third-order valence-corrected chi connectivity index (χ3v) is 3.84. The van der Waals surface area contributed by atoms with Gasteiger partial charge in [-0.2, -0.15) is 0 Å². The van der Waals surface area contributed by atoms with Crippen molar-refractivity contribution in [3.63, 3.8) is 0 Å². The van der Waals surface area contributed by atoms with Gasteiger partial charge < -0.3 is 15.0 Å². The van der Waals surface area contributed by atoms with Crippen LogP contribution in [0, 0.1) is 5.41 Å². The number of rotatable bonds is 4. The molecule has 1 aromatic heterocycles. The van der Waals surface area contributed by atoms with Gasteiger partial charge in [-0.1, -0.05) is 26.8 Å². The summed E-state index contributed by atoms with van der Waals surface area (Å²) < 4.78 is 4.15. The number of aromatic nitrogens is 1. The van der Waals surface area contributed by atoms with E-state index in [1.807, 2.05) is 26.8 Å². The fourth-order valence-electron chi connectivity index (χ4n) is 2.40. The van der Waals surface area contributed by atoms with Crippen LogP contribution < -0.4 is 5.32 Å². The molecule has 0 bridgehead atoms. The van der Waals surface area contributed by atoms with Crippen LogP contribution in [0.15, 0.2) is 24.4 Å². The number of piperidine rings is 1. The second-order valence-corrected chi connectivity index (χ2v) is 7.08. The second-order valence-electron chi connectivity index (χ2n) is 7.08. The molecule has 0 aromatic carbocycles. The van der Waals surface area contributed by atoms with Crippen molar-refractivity contribution in [2.75, 3.05) is 19.7 Å². The van der Waals surface area contributed by atoms with Gasteiger partial charge in [0, 0.05) is 30.7 Å². The lowest BCUT2D eigenvalue weighted by Gasteiger charge is -2.34. The van der Waals surface area contributed by atoms with Crippen molar-refractivity contribution in [3.05, 3.63) is 30.1 Å². The zero-order valence-electron chi connectivity index (χ0n) is 16.0. The largest absolute Gasteiger partial charge is 0.468 e. The first-order chi connectivity index (χ1) is 12.3. The number of hydrogen-bond donors (Lipinski definition) is 1. The van der Waals surface area contributed by atoms with Crippen LogP contribution in [0.25, 0.3) is 0 Å². The summed E-state index contributed by atoms with van der Waals surface area (Å²) in [6.07, 6.45) is 3.43. The molecule has 0 radical (unpaired) electrons. The van der Waals surface area contributed by atoms with Gasteiger partial charge in [-0.3, -0.25) is 19.4 Å². The molecule has 1 aliphatic heterocycles. The van der Waals surface area contributed by atoms with E-state index in [1.54, 1.807) is 30.2 Å². The Morgan fingerprint density at radius 3 is 2.62 bits per heavy atom. The maximum absolute atomic E-state index is 12.4. The van der Waals surface area contributed by atoms with Crippen molar-refractivity contribution in [1.82, 2.24) is 15.2 Å². The quantitative estimate of drug-likeness (QED) is 0.827. The van der Waals surface area contributed by atoms with Gasteiger partial charge in [0.2, 0.25) is 5.91 Å². The number of nitrogens with one attached hydrogen (secondary N) is 1. The normalized spacial score (nSPS) is 16.8. The van der Waals surface area contributed by atoms with Crippen LogP contribution in [0.2, 0.25) is 0 Å². The van der Waals surface area contributed by atoms with E-state index in [0.717, 1.165) is 19.4 Å². The molecule has 1 saturated heterocycles. The lowest BCUT2D eigenvalue weighted by molar-refractivity contribution is -0.129. The van der Waals surface area contributed by atoms with Crippen molar-refractivity contribution >= 4 is 18.3 Å².